The smallest absolute Gasteiger partial charge is 0.459 e. The summed E-state index contributed by atoms with van der Waals surface area (Å²) in [6.45, 7) is 0.599. The van der Waals surface area contributed by atoms with Crippen LogP contribution >= 0.6 is 11.9 Å². The first-order valence-electron chi connectivity index (χ1n) is 6.61. The Bertz CT molecular complexity index is 633. The predicted molar refractivity (Wildman–Crippen MR) is 70.6 cm³/mol. The van der Waals surface area contributed by atoms with Gasteiger partial charge in [0.25, 0.3) is 0 Å². The molecule has 1 heterocycles. The van der Waals surface area contributed by atoms with Gasteiger partial charge in [0, 0.05) is 12.3 Å². The van der Waals surface area contributed by atoms with Crippen LogP contribution in [0.5, 0.6) is 0 Å². The molecular formula is C13H12F7NO2S. The minimum atomic E-state index is -6.43. The Morgan fingerprint density at radius 2 is 1.79 bits per heavy atom. The molecule has 136 valence electrons. The molecule has 0 saturated carbocycles. The summed E-state index contributed by atoms with van der Waals surface area (Å²) in [5, 5.41) is 21.2. The number of aryl methyl sites for hydroxylation is 1. The zero-order chi connectivity index (χ0) is 18.6. The summed E-state index contributed by atoms with van der Waals surface area (Å²) in [5.41, 5.74) is 0.588. The molecule has 24 heavy (non-hydrogen) atoms. The monoisotopic (exact) mass is 379 g/mol. The Morgan fingerprint density at radius 1 is 1.21 bits per heavy atom. The molecule has 0 aromatic heterocycles. The Morgan fingerprint density at radius 3 is 2.33 bits per heavy atom. The van der Waals surface area contributed by atoms with Crippen molar-refractivity contribution < 1.29 is 40.2 Å². The molecule has 1 aromatic carbocycles. The number of hydroxylamine groups is 2. The molecule has 2 atom stereocenters. The van der Waals surface area contributed by atoms with Crippen molar-refractivity contribution in [2.75, 3.05) is 6.54 Å². The van der Waals surface area contributed by atoms with Crippen molar-refractivity contribution in [3.8, 4) is 0 Å². The average Bonchev–Trinajstić information content (AvgIpc) is 2.36. The number of nitrogens with zero attached hydrogens (tertiary/aromatic N) is 1. The van der Waals surface area contributed by atoms with Crippen LogP contribution in [-0.4, -0.2) is 34.0 Å². The predicted octanol–water partition coefficient (Wildman–Crippen LogP) is 5.03. The number of rotatable bonds is 3. The van der Waals surface area contributed by atoms with Crippen LogP contribution < -0.4 is 0 Å². The van der Waals surface area contributed by atoms with Gasteiger partial charge in [-0.3, -0.25) is 0 Å². The molecule has 3 nitrogen and oxygen atoms in total. The van der Waals surface area contributed by atoms with E-state index < -0.39 is 41.1 Å². The van der Waals surface area contributed by atoms with Crippen LogP contribution in [0.2, 0.25) is 0 Å². The van der Waals surface area contributed by atoms with Crippen LogP contribution in [0.25, 0.3) is 0 Å². The Hall–Kier alpha value is -1.04. The summed E-state index contributed by atoms with van der Waals surface area (Å²) in [7, 11) is 0. The zero-order valence-corrected chi connectivity index (χ0v) is 12.9. The van der Waals surface area contributed by atoms with E-state index in [0.717, 1.165) is 0 Å². The van der Waals surface area contributed by atoms with Crippen molar-refractivity contribution in [1.29, 1.82) is 0 Å². The van der Waals surface area contributed by atoms with Crippen molar-refractivity contribution in [2.45, 2.75) is 42.2 Å². The topological polar surface area (TPSA) is 43.3 Å². The van der Waals surface area contributed by atoms with Gasteiger partial charge in [-0.15, -0.1) is 4.21 Å². The first kappa shape index (κ1) is 19.3. The highest BCUT2D eigenvalue weighted by Crippen LogP contribution is 2.52. The molecule has 0 spiro atoms. The molecule has 0 bridgehead atoms. The molecule has 0 fully saturated rings. The lowest BCUT2D eigenvalue weighted by Crippen LogP contribution is -2.53. The molecule has 0 radical (unpaired) electrons. The van der Waals surface area contributed by atoms with E-state index in [4.69, 9.17) is 0 Å². The normalized spacial score (nSPS) is 25.5. The fourth-order valence-corrected chi connectivity index (χ4v) is 3.48. The lowest BCUT2D eigenvalue weighted by molar-refractivity contribution is -0.953. The number of halogens is 7. The number of quaternary nitrogens is 1. The van der Waals surface area contributed by atoms with Crippen LogP contribution in [0, 0.1) is 12.1 Å². The Balaban J connectivity index is 2.40. The second-order valence-corrected chi connectivity index (χ2v) is 6.82. The van der Waals surface area contributed by atoms with Gasteiger partial charge in [0.1, 0.15) is 18.5 Å². The summed E-state index contributed by atoms with van der Waals surface area (Å²) < 4.78 is 88.1. The van der Waals surface area contributed by atoms with Gasteiger partial charge in [0.05, 0.1) is 4.90 Å². The molecule has 11 heteroatoms. The SMILES string of the molecule is Cc1ccc2c(c1)C(CC(F)(F)C(F)(F)C(F)(F)F)C[N+]([O-])(O)S2. The first-order chi connectivity index (χ1) is 10.7. The molecule has 1 N–H and O–H groups in total. The van der Waals surface area contributed by atoms with Gasteiger partial charge in [0.15, 0.2) is 0 Å². The molecule has 2 rings (SSSR count). The second-order valence-electron chi connectivity index (χ2n) is 5.63. The van der Waals surface area contributed by atoms with Crippen LogP contribution in [0.1, 0.15) is 23.5 Å². The van der Waals surface area contributed by atoms with Gasteiger partial charge in [0.2, 0.25) is 0 Å². The number of hydrogen-bond donors (Lipinski definition) is 1. The fourth-order valence-electron chi connectivity index (χ4n) is 2.46. The van der Waals surface area contributed by atoms with E-state index in [9.17, 15) is 41.1 Å². The lowest BCUT2D eigenvalue weighted by Gasteiger charge is -2.40. The lowest BCUT2D eigenvalue weighted by atomic mass is 9.89. The molecule has 1 aromatic rings. The molecule has 1 aliphatic rings. The highest BCUT2D eigenvalue weighted by atomic mass is 32.2. The van der Waals surface area contributed by atoms with Crippen LogP contribution in [0.3, 0.4) is 0 Å². The highest BCUT2D eigenvalue weighted by molar-refractivity contribution is 7.93. The molecule has 0 saturated heterocycles. The summed E-state index contributed by atoms with van der Waals surface area (Å²) in [6, 6.07) is 4.15. The minimum Gasteiger partial charge on any atom is -0.586 e. The van der Waals surface area contributed by atoms with E-state index in [1.807, 2.05) is 0 Å². The van der Waals surface area contributed by atoms with Crippen molar-refractivity contribution in [1.82, 2.24) is 0 Å². The summed E-state index contributed by atoms with van der Waals surface area (Å²) in [4.78, 5) is 0.0560. The molecule has 0 amide bonds. The second kappa shape index (κ2) is 5.75. The number of hydrogen-bond acceptors (Lipinski definition) is 3. The first-order valence-corrected chi connectivity index (χ1v) is 7.38. The van der Waals surface area contributed by atoms with Gasteiger partial charge in [-0.25, -0.2) is 5.21 Å². The van der Waals surface area contributed by atoms with Crippen LogP contribution in [0.4, 0.5) is 30.7 Å². The van der Waals surface area contributed by atoms with Gasteiger partial charge in [-0.2, -0.15) is 30.7 Å². The summed E-state index contributed by atoms with van der Waals surface area (Å²) in [6.07, 6.45) is -8.35. The summed E-state index contributed by atoms with van der Waals surface area (Å²) in [5.74, 6) is -13.3. The number of benzene rings is 1. The van der Waals surface area contributed by atoms with Crippen molar-refractivity contribution >= 4 is 11.9 Å². The van der Waals surface area contributed by atoms with Gasteiger partial charge < -0.3 is 5.21 Å². The summed E-state index contributed by atoms with van der Waals surface area (Å²) >= 11 is 0.349. The maximum absolute atomic E-state index is 13.7. The largest absolute Gasteiger partial charge is 0.586 e. The number of fused-ring (bicyclic) bond motifs is 1. The molecule has 0 aliphatic carbocycles. The van der Waals surface area contributed by atoms with Crippen LogP contribution in [0.15, 0.2) is 23.1 Å². The average molecular weight is 379 g/mol. The van der Waals surface area contributed by atoms with E-state index in [1.165, 1.54) is 18.2 Å². The Kier molecular flexibility index (Phi) is 4.62. The highest BCUT2D eigenvalue weighted by Gasteiger charge is 2.73. The quantitative estimate of drug-likeness (QED) is 0.347. The molecule has 2 unspecified atom stereocenters. The standard InChI is InChI=1S/C13H12F7NO2S/c1-7-2-3-10-9(4-7)8(6-21(22,23)24-10)5-11(14,15)12(16,17)13(18,19)20/h2-4,8,22H,5-6H2,1H3. The molecule has 1 aliphatic heterocycles. The minimum absolute atomic E-state index is 0.0382. The van der Waals surface area contributed by atoms with E-state index in [-0.39, 0.29) is 10.5 Å². The van der Waals surface area contributed by atoms with Crippen molar-refractivity contribution in [2.24, 2.45) is 0 Å². The van der Waals surface area contributed by atoms with Gasteiger partial charge in [-0.05, 0) is 18.6 Å². The zero-order valence-electron chi connectivity index (χ0n) is 12.1. The number of alkyl halides is 7. The maximum atomic E-state index is 13.7. The van der Waals surface area contributed by atoms with E-state index >= 15 is 0 Å². The van der Waals surface area contributed by atoms with Gasteiger partial charge in [-0.1, -0.05) is 17.7 Å². The third kappa shape index (κ3) is 3.48. The molecular weight excluding hydrogens is 367 g/mol. The third-order valence-corrected chi connectivity index (χ3v) is 4.62. The third-order valence-electron chi connectivity index (χ3n) is 3.62. The maximum Gasteiger partial charge on any atom is 0.459 e. The van der Waals surface area contributed by atoms with Gasteiger partial charge >= 0.3 is 18.0 Å². The van der Waals surface area contributed by atoms with E-state index in [2.05, 4.69) is 0 Å². The Labute approximate surface area is 136 Å². The van der Waals surface area contributed by atoms with Crippen LogP contribution in [-0.2, 0) is 0 Å². The van der Waals surface area contributed by atoms with E-state index in [1.54, 1.807) is 6.92 Å². The van der Waals surface area contributed by atoms with Crippen molar-refractivity contribution in [3.05, 3.63) is 34.5 Å². The van der Waals surface area contributed by atoms with Crippen molar-refractivity contribution in [3.63, 3.8) is 0 Å². The fraction of sp³-hybridized carbons (Fsp3) is 0.538. The van der Waals surface area contributed by atoms with E-state index in [0.29, 0.717) is 17.5 Å².